The molecule has 1 aromatic heterocycles. The average Bonchev–Trinajstić information content (AvgIpc) is 2.97. The summed E-state index contributed by atoms with van der Waals surface area (Å²) in [5.74, 6) is -0.235. The second-order valence-corrected chi connectivity index (χ2v) is 5.87. The smallest absolute Gasteiger partial charge is 0.184 e. The summed E-state index contributed by atoms with van der Waals surface area (Å²) in [4.78, 5) is 17.8. The van der Waals surface area contributed by atoms with E-state index >= 15 is 0 Å². The highest BCUT2D eigenvalue weighted by molar-refractivity contribution is 6.09. The lowest BCUT2D eigenvalue weighted by molar-refractivity contribution is 0.0999. The van der Waals surface area contributed by atoms with Gasteiger partial charge in [0, 0.05) is 34.4 Å². The number of nitrogens with zero attached hydrogens (tertiary/aromatic N) is 1. The second kappa shape index (κ2) is 6.24. The lowest BCUT2D eigenvalue weighted by Gasteiger charge is -2.28. The minimum absolute atomic E-state index is 0.0421. The van der Waals surface area contributed by atoms with Crippen LogP contribution in [0.1, 0.15) is 24.2 Å². The highest BCUT2D eigenvalue weighted by Crippen LogP contribution is 2.22. The van der Waals surface area contributed by atoms with Gasteiger partial charge in [-0.05, 0) is 44.2 Å². The van der Waals surface area contributed by atoms with E-state index in [2.05, 4.69) is 4.98 Å². The number of hydrogen-bond acceptors (Lipinski definition) is 2. The Bertz CT molecular complexity index is 821. The number of halogens is 1. The molecule has 0 spiro atoms. The van der Waals surface area contributed by atoms with Gasteiger partial charge in [-0.25, -0.2) is 4.39 Å². The van der Waals surface area contributed by atoms with E-state index in [1.165, 1.54) is 12.1 Å². The number of Topliss-reactive ketones (excluding diaryl/α,β-unsaturated/α-hetero) is 1. The fraction of sp³-hybridized carbons (Fsp3) is 0.211. The molecule has 0 aliphatic heterocycles. The molecular formula is C19H19FN2O. The maximum Gasteiger partial charge on any atom is 0.184 e. The summed E-state index contributed by atoms with van der Waals surface area (Å²) in [6, 6.07) is 14.1. The van der Waals surface area contributed by atoms with Crippen molar-refractivity contribution < 1.29 is 9.18 Å². The number of para-hydroxylation sites is 1. The number of carbonyl (C=O) groups is 1. The Morgan fingerprint density at radius 3 is 2.52 bits per heavy atom. The van der Waals surface area contributed by atoms with Gasteiger partial charge in [-0.1, -0.05) is 18.2 Å². The van der Waals surface area contributed by atoms with Gasteiger partial charge in [0.05, 0.1) is 6.54 Å². The molecule has 0 unspecified atom stereocenters. The third-order valence-electron chi connectivity index (χ3n) is 3.99. The lowest BCUT2D eigenvalue weighted by atomic mass is 10.1. The van der Waals surface area contributed by atoms with Crippen molar-refractivity contribution in [1.82, 2.24) is 4.98 Å². The van der Waals surface area contributed by atoms with Crippen molar-refractivity contribution >= 4 is 22.4 Å². The van der Waals surface area contributed by atoms with Gasteiger partial charge in [0.15, 0.2) is 5.78 Å². The van der Waals surface area contributed by atoms with Crippen molar-refractivity contribution in [2.45, 2.75) is 19.9 Å². The third kappa shape index (κ3) is 3.11. The summed E-state index contributed by atoms with van der Waals surface area (Å²) in [5, 5.41) is 0.931. The molecule has 0 saturated heterocycles. The predicted octanol–water partition coefficient (Wildman–Crippen LogP) is 4.40. The Morgan fingerprint density at radius 1 is 1.13 bits per heavy atom. The fourth-order valence-corrected chi connectivity index (χ4v) is 2.75. The zero-order chi connectivity index (χ0) is 16.4. The highest BCUT2D eigenvalue weighted by Gasteiger charge is 2.18. The number of nitrogens with one attached hydrogen (secondary N) is 1. The Labute approximate surface area is 134 Å². The number of rotatable bonds is 5. The molecule has 3 rings (SSSR count). The minimum atomic E-state index is -0.277. The van der Waals surface area contributed by atoms with Gasteiger partial charge in [0.25, 0.3) is 0 Å². The maximum absolute atomic E-state index is 13.1. The van der Waals surface area contributed by atoms with Gasteiger partial charge >= 0.3 is 0 Å². The highest BCUT2D eigenvalue weighted by atomic mass is 19.1. The van der Waals surface area contributed by atoms with Gasteiger partial charge in [-0.2, -0.15) is 0 Å². The number of hydrogen-bond donors (Lipinski definition) is 1. The summed E-state index contributed by atoms with van der Waals surface area (Å²) >= 11 is 0. The van der Waals surface area contributed by atoms with E-state index in [0.717, 1.165) is 16.6 Å². The van der Waals surface area contributed by atoms with Crippen LogP contribution in [0.2, 0.25) is 0 Å². The number of fused-ring (bicyclic) bond motifs is 1. The summed E-state index contributed by atoms with van der Waals surface area (Å²) in [6.45, 7) is 4.29. The van der Waals surface area contributed by atoms with Crippen LogP contribution in [0.4, 0.5) is 10.1 Å². The standard InChI is InChI=1S/C19H19FN2O/c1-13(2)22(15-9-7-14(20)8-10-15)12-19(23)17-11-21-18-6-4-3-5-16(17)18/h3-11,13,21H,12H2,1-2H3. The van der Waals surface area contributed by atoms with Crippen LogP contribution < -0.4 is 4.90 Å². The molecule has 3 aromatic rings. The van der Waals surface area contributed by atoms with E-state index in [1.54, 1.807) is 18.3 Å². The van der Waals surface area contributed by atoms with Gasteiger partial charge in [-0.3, -0.25) is 4.79 Å². The minimum Gasteiger partial charge on any atom is -0.361 e. The van der Waals surface area contributed by atoms with Gasteiger partial charge < -0.3 is 9.88 Å². The summed E-state index contributed by atoms with van der Waals surface area (Å²) < 4.78 is 13.1. The number of carbonyl (C=O) groups excluding carboxylic acids is 1. The van der Waals surface area contributed by atoms with Gasteiger partial charge in [-0.15, -0.1) is 0 Å². The summed E-state index contributed by atoms with van der Waals surface area (Å²) in [5.41, 5.74) is 2.48. The molecule has 2 aromatic carbocycles. The van der Waals surface area contributed by atoms with E-state index in [9.17, 15) is 9.18 Å². The zero-order valence-corrected chi connectivity index (χ0v) is 13.2. The van der Waals surface area contributed by atoms with Crippen molar-refractivity contribution in [3.8, 4) is 0 Å². The van der Waals surface area contributed by atoms with E-state index in [4.69, 9.17) is 0 Å². The van der Waals surface area contributed by atoms with Crippen LogP contribution in [0, 0.1) is 5.82 Å². The van der Waals surface area contributed by atoms with E-state index in [0.29, 0.717) is 5.56 Å². The zero-order valence-electron chi connectivity index (χ0n) is 13.2. The molecule has 0 radical (unpaired) electrons. The first kappa shape index (κ1) is 15.3. The molecule has 1 heterocycles. The van der Waals surface area contributed by atoms with E-state index in [-0.39, 0.29) is 24.2 Å². The number of aromatic amines is 1. The molecule has 0 fully saturated rings. The van der Waals surface area contributed by atoms with Gasteiger partial charge in [0.2, 0.25) is 0 Å². The van der Waals surface area contributed by atoms with Crippen LogP contribution in [0.15, 0.2) is 54.7 Å². The molecule has 0 aliphatic carbocycles. The van der Waals surface area contributed by atoms with Crippen LogP contribution >= 0.6 is 0 Å². The number of anilines is 1. The molecule has 0 atom stereocenters. The molecule has 0 saturated carbocycles. The topological polar surface area (TPSA) is 36.1 Å². The van der Waals surface area contributed by atoms with Crippen molar-refractivity contribution in [1.29, 1.82) is 0 Å². The Morgan fingerprint density at radius 2 is 1.83 bits per heavy atom. The van der Waals surface area contributed by atoms with Crippen LogP contribution in [-0.4, -0.2) is 23.4 Å². The molecule has 3 nitrogen and oxygen atoms in total. The maximum atomic E-state index is 13.1. The molecule has 0 aliphatic rings. The number of H-pyrrole nitrogens is 1. The van der Waals surface area contributed by atoms with Crippen LogP contribution in [0.5, 0.6) is 0 Å². The number of ketones is 1. The normalized spacial score (nSPS) is 11.1. The molecule has 1 N–H and O–H groups in total. The second-order valence-electron chi connectivity index (χ2n) is 5.87. The number of benzene rings is 2. The average molecular weight is 310 g/mol. The first-order chi connectivity index (χ1) is 11.1. The Balaban J connectivity index is 1.88. The summed E-state index contributed by atoms with van der Waals surface area (Å²) in [6.07, 6.45) is 1.76. The molecule has 0 bridgehead atoms. The van der Waals surface area contributed by atoms with Crippen molar-refractivity contribution in [2.75, 3.05) is 11.4 Å². The fourth-order valence-electron chi connectivity index (χ4n) is 2.75. The monoisotopic (exact) mass is 310 g/mol. The summed E-state index contributed by atoms with van der Waals surface area (Å²) in [7, 11) is 0. The van der Waals surface area contributed by atoms with Crippen LogP contribution in [0.25, 0.3) is 10.9 Å². The SMILES string of the molecule is CC(C)N(CC(=O)c1c[nH]c2ccccc12)c1ccc(F)cc1. The quantitative estimate of drug-likeness (QED) is 0.709. The molecular weight excluding hydrogens is 291 g/mol. The van der Waals surface area contributed by atoms with E-state index < -0.39 is 0 Å². The molecule has 118 valence electrons. The third-order valence-corrected chi connectivity index (χ3v) is 3.99. The molecule has 0 amide bonds. The van der Waals surface area contributed by atoms with Crippen molar-refractivity contribution in [3.05, 3.63) is 66.1 Å². The molecule has 23 heavy (non-hydrogen) atoms. The number of aromatic nitrogens is 1. The van der Waals surface area contributed by atoms with Gasteiger partial charge in [0.1, 0.15) is 5.82 Å². The van der Waals surface area contributed by atoms with Crippen LogP contribution in [-0.2, 0) is 0 Å². The molecule has 4 heteroatoms. The first-order valence-corrected chi connectivity index (χ1v) is 7.68. The van der Waals surface area contributed by atoms with Crippen molar-refractivity contribution in [2.24, 2.45) is 0 Å². The largest absolute Gasteiger partial charge is 0.361 e. The Kier molecular flexibility index (Phi) is 4.15. The lowest BCUT2D eigenvalue weighted by Crippen LogP contribution is -2.35. The van der Waals surface area contributed by atoms with E-state index in [1.807, 2.05) is 43.0 Å². The van der Waals surface area contributed by atoms with Crippen LogP contribution in [0.3, 0.4) is 0 Å². The van der Waals surface area contributed by atoms with Crippen molar-refractivity contribution in [3.63, 3.8) is 0 Å². The first-order valence-electron chi connectivity index (χ1n) is 7.68. The predicted molar refractivity (Wildman–Crippen MR) is 91.5 cm³/mol. The Hall–Kier alpha value is -2.62.